The van der Waals surface area contributed by atoms with Gasteiger partial charge in [-0.2, -0.15) is 0 Å². The predicted molar refractivity (Wildman–Crippen MR) is 109 cm³/mol. The maximum atomic E-state index is 13.0. The summed E-state index contributed by atoms with van der Waals surface area (Å²) in [6.45, 7) is 7.27. The molecular formula is C22H37N3O3. The number of nitrogens with one attached hydrogen (secondary N) is 2. The van der Waals surface area contributed by atoms with E-state index in [0.717, 1.165) is 37.0 Å². The Morgan fingerprint density at radius 3 is 2.39 bits per heavy atom. The first kappa shape index (κ1) is 21.1. The van der Waals surface area contributed by atoms with Gasteiger partial charge in [0.2, 0.25) is 5.91 Å². The fourth-order valence-corrected chi connectivity index (χ4v) is 5.19. The molecule has 3 rings (SSSR count). The van der Waals surface area contributed by atoms with Gasteiger partial charge >= 0.3 is 6.03 Å². The number of urea groups is 1. The fraction of sp³-hybridized carbons (Fsp3) is 0.864. The van der Waals surface area contributed by atoms with Crippen molar-refractivity contribution in [2.45, 2.75) is 90.5 Å². The molecule has 0 aromatic carbocycles. The van der Waals surface area contributed by atoms with Crippen LogP contribution in [0.2, 0.25) is 0 Å². The van der Waals surface area contributed by atoms with E-state index in [-0.39, 0.29) is 23.8 Å². The third-order valence-corrected chi connectivity index (χ3v) is 7.72. The number of amides is 4. The van der Waals surface area contributed by atoms with Crippen molar-refractivity contribution < 1.29 is 14.4 Å². The van der Waals surface area contributed by atoms with Crippen molar-refractivity contribution in [2.24, 2.45) is 17.3 Å². The van der Waals surface area contributed by atoms with Crippen LogP contribution in [0.4, 0.5) is 4.79 Å². The van der Waals surface area contributed by atoms with Gasteiger partial charge in [-0.15, -0.1) is 0 Å². The minimum atomic E-state index is -0.791. The average Bonchev–Trinajstić information content (AvgIpc) is 2.91. The summed E-state index contributed by atoms with van der Waals surface area (Å²) in [5, 5.41) is 5.86. The number of hydrogen-bond donors (Lipinski definition) is 2. The molecule has 1 heterocycles. The van der Waals surface area contributed by atoms with Gasteiger partial charge < -0.3 is 10.6 Å². The highest BCUT2D eigenvalue weighted by Crippen LogP contribution is 2.45. The topological polar surface area (TPSA) is 78.5 Å². The Morgan fingerprint density at radius 2 is 1.79 bits per heavy atom. The zero-order valence-corrected chi connectivity index (χ0v) is 17.8. The van der Waals surface area contributed by atoms with Crippen LogP contribution in [-0.2, 0) is 9.59 Å². The standard InChI is InChI=1S/C22H37N3O3/c1-4-21(2,3)17-10-12-22(13-11-17)19(27)25(20(28)24-22)15-18(26)23-14-16-8-6-5-7-9-16/h16-17H,4-15H2,1-3H3,(H,23,26)(H,24,28). The smallest absolute Gasteiger partial charge is 0.325 e. The number of hydrogen-bond acceptors (Lipinski definition) is 3. The van der Waals surface area contributed by atoms with E-state index in [0.29, 0.717) is 31.2 Å². The van der Waals surface area contributed by atoms with E-state index in [1.165, 1.54) is 19.3 Å². The van der Waals surface area contributed by atoms with Crippen molar-refractivity contribution in [2.75, 3.05) is 13.1 Å². The lowest BCUT2D eigenvalue weighted by molar-refractivity contribution is -0.136. The van der Waals surface area contributed by atoms with Crippen molar-refractivity contribution in [3.8, 4) is 0 Å². The molecule has 0 bridgehead atoms. The molecule has 0 atom stereocenters. The summed E-state index contributed by atoms with van der Waals surface area (Å²) in [5.74, 6) is 0.662. The number of carbonyl (C=O) groups excluding carboxylic acids is 3. The molecule has 6 nitrogen and oxygen atoms in total. The second-order valence-electron chi connectivity index (χ2n) is 9.83. The van der Waals surface area contributed by atoms with Crippen LogP contribution in [0, 0.1) is 17.3 Å². The van der Waals surface area contributed by atoms with Crippen LogP contribution in [0.15, 0.2) is 0 Å². The lowest BCUT2D eigenvalue weighted by Gasteiger charge is -2.42. The van der Waals surface area contributed by atoms with Crippen LogP contribution in [0.3, 0.4) is 0 Å². The van der Waals surface area contributed by atoms with Gasteiger partial charge in [-0.25, -0.2) is 4.79 Å². The second kappa shape index (κ2) is 8.42. The van der Waals surface area contributed by atoms with E-state index in [9.17, 15) is 14.4 Å². The van der Waals surface area contributed by atoms with Gasteiger partial charge in [0.1, 0.15) is 12.1 Å². The third kappa shape index (κ3) is 4.36. The molecule has 0 aromatic heterocycles. The van der Waals surface area contributed by atoms with Crippen molar-refractivity contribution in [3.63, 3.8) is 0 Å². The summed E-state index contributed by atoms with van der Waals surface area (Å²) in [7, 11) is 0. The van der Waals surface area contributed by atoms with Gasteiger partial charge in [0.25, 0.3) is 5.91 Å². The van der Waals surface area contributed by atoms with Crippen LogP contribution in [0.25, 0.3) is 0 Å². The zero-order valence-electron chi connectivity index (χ0n) is 17.8. The maximum Gasteiger partial charge on any atom is 0.325 e. The first-order valence-corrected chi connectivity index (χ1v) is 11.2. The van der Waals surface area contributed by atoms with E-state index in [1.807, 2.05) is 0 Å². The Morgan fingerprint density at radius 1 is 1.14 bits per heavy atom. The van der Waals surface area contributed by atoms with E-state index < -0.39 is 11.6 Å². The Balaban J connectivity index is 1.53. The number of rotatable bonds is 6. The maximum absolute atomic E-state index is 13.0. The number of nitrogens with zero attached hydrogens (tertiary/aromatic N) is 1. The first-order valence-electron chi connectivity index (χ1n) is 11.2. The van der Waals surface area contributed by atoms with E-state index >= 15 is 0 Å². The molecular weight excluding hydrogens is 354 g/mol. The normalized spacial score (nSPS) is 29.2. The molecule has 0 radical (unpaired) electrons. The number of carbonyl (C=O) groups is 3. The van der Waals surface area contributed by atoms with Crippen LogP contribution in [0.5, 0.6) is 0 Å². The Bertz CT molecular complexity index is 602. The van der Waals surface area contributed by atoms with Gasteiger partial charge in [-0.3, -0.25) is 14.5 Å². The lowest BCUT2D eigenvalue weighted by atomic mass is 9.65. The average molecular weight is 392 g/mol. The molecule has 2 aliphatic carbocycles. The zero-order chi connectivity index (χ0) is 20.4. The SMILES string of the molecule is CCC(C)(C)C1CCC2(CC1)NC(=O)N(CC(=O)NCC1CCCCC1)C2=O. The highest BCUT2D eigenvalue weighted by Gasteiger charge is 2.53. The van der Waals surface area contributed by atoms with Gasteiger partial charge in [0.05, 0.1) is 0 Å². The largest absolute Gasteiger partial charge is 0.354 e. The minimum Gasteiger partial charge on any atom is -0.354 e. The van der Waals surface area contributed by atoms with Crippen LogP contribution < -0.4 is 10.6 Å². The monoisotopic (exact) mass is 391 g/mol. The molecule has 2 saturated carbocycles. The molecule has 0 aromatic rings. The fourth-order valence-electron chi connectivity index (χ4n) is 5.19. The molecule has 1 aliphatic heterocycles. The summed E-state index contributed by atoms with van der Waals surface area (Å²) in [6, 6.07) is -0.411. The van der Waals surface area contributed by atoms with Gasteiger partial charge in [-0.1, -0.05) is 46.5 Å². The first-order chi connectivity index (χ1) is 13.3. The molecule has 3 fully saturated rings. The molecule has 1 saturated heterocycles. The summed E-state index contributed by atoms with van der Waals surface area (Å²) in [5.41, 5.74) is -0.535. The van der Waals surface area contributed by atoms with Gasteiger partial charge in [0, 0.05) is 6.54 Å². The minimum absolute atomic E-state index is 0.164. The Hall–Kier alpha value is -1.59. The Kier molecular flexibility index (Phi) is 6.35. The van der Waals surface area contributed by atoms with E-state index in [2.05, 4.69) is 31.4 Å². The van der Waals surface area contributed by atoms with Crippen LogP contribution >= 0.6 is 0 Å². The second-order valence-corrected chi connectivity index (χ2v) is 9.83. The third-order valence-electron chi connectivity index (χ3n) is 7.72. The molecule has 0 unspecified atom stereocenters. The van der Waals surface area contributed by atoms with Crippen LogP contribution in [-0.4, -0.2) is 41.4 Å². The van der Waals surface area contributed by atoms with Crippen molar-refractivity contribution >= 4 is 17.8 Å². The molecule has 6 heteroatoms. The lowest BCUT2D eigenvalue weighted by Crippen LogP contribution is -2.51. The summed E-state index contributed by atoms with van der Waals surface area (Å²) in [6.07, 6.45) is 10.4. The highest BCUT2D eigenvalue weighted by molar-refractivity contribution is 6.09. The molecule has 158 valence electrons. The summed E-state index contributed by atoms with van der Waals surface area (Å²) >= 11 is 0. The van der Waals surface area contributed by atoms with E-state index in [4.69, 9.17) is 0 Å². The molecule has 1 spiro atoms. The van der Waals surface area contributed by atoms with Crippen molar-refractivity contribution in [1.82, 2.24) is 15.5 Å². The van der Waals surface area contributed by atoms with E-state index in [1.54, 1.807) is 0 Å². The quantitative estimate of drug-likeness (QED) is 0.679. The Labute approximate surface area is 169 Å². The van der Waals surface area contributed by atoms with Gasteiger partial charge in [0.15, 0.2) is 0 Å². The van der Waals surface area contributed by atoms with Crippen LogP contribution in [0.1, 0.15) is 85.0 Å². The molecule has 28 heavy (non-hydrogen) atoms. The summed E-state index contributed by atoms with van der Waals surface area (Å²) < 4.78 is 0. The molecule has 3 aliphatic rings. The molecule has 4 amide bonds. The summed E-state index contributed by atoms with van der Waals surface area (Å²) in [4.78, 5) is 38.9. The number of imide groups is 1. The van der Waals surface area contributed by atoms with Gasteiger partial charge in [-0.05, 0) is 55.8 Å². The van der Waals surface area contributed by atoms with Crippen molar-refractivity contribution in [1.29, 1.82) is 0 Å². The highest BCUT2D eigenvalue weighted by atomic mass is 16.2. The molecule has 2 N–H and O–H groups in total. The predicted octanol–water partition coefficient (Wildman–Crippen LogP) is 3.60. The van der Waals surface area contributed by atoms with Crippen molar-refractivity contribution in [3.05, 3.63) is 0 Å².